The highest BCUT2D eigenvalue weighted by atomic mass is 35.5. The highest BCUT2D eigenvalue weighted by Gasteiger charge is 2.18. The maximum Gasteiger partial charge on any atom is 0.223 e. The lowest BCUT2D eigenvalue weighted by Gasteiger charge is -2.25. The van der Waals surface area contributed by atoms with Gasteiger partial charge in [0.2, 0.25) is 5.91 Å². The van der Waals surface area contributed by atoms with Gasteiger partial charge in [0, 0.05) is 31.8 Å². The third kappa shape index (κ3) is 15.6. The number of halogens is 2. The fourth-order valence-electron chi connectivity index (χ4n) is 3.07. The highest BCUT2D eigenvalue weighted by molar-refractivity contribution is 6.20. The van der Waals surface area contributed by atoms with Gasteiger partial charge in [-0.25, -0.2) is 0 Å². The topological polar surface area (TPSA) is 49.8 Å². The fourth-order valence-corrected chi connectivity index (χ4v) is 3.57. The van der Waals surface area contributed by atoms with Crippen LogP contribution in [-0.4, -0.2) is 60.6 Å². The van der Waals surface area contributed by atoms with Gasteiger partial charge in [-0.3, -0.25) is 4.79 Å². The van der Waals surface area contributed by atoms with E-state index in [1.54, 1.807) is 19.1 Å². The van der Waals surface area contributed by atoms with Crippen molar-refractivity contribution in [3.63, 3.8) is 0 Å². The Morgan fingerprint density at radius 2 is 1.64 bits per heavy atom. The van der Waals surface area contributed by atoms with Crippen molar-refractivity contribution in [3.05, 3.63) is 12.2 Å². The van der Waals surface area contributed by atoms with E-state index < -0.39 is 0 Å². The van der Waals surface area contributed by atoms with E-state index >= 15 is 0 Å². The van der Waals surface area contributed by atoms with Crippen molar-refractivity contribution in [1.82, 2.24) is 4.90 Å². The molecule has 0 aromatic carbocycles. The number of nitrogens with zero attached hydrogens (tertiary/aromatic N) is 1. The van der Waals surface area contributed by atoms with E-state index in [-0.39, 0.29) is 23.9 Å². The summed E-state index contributed by atoms with van der Waals surface area (Å²) in [6.07, 6.45) is 17.1. The summed E-state index contributed by atoms with van der Waals surface area (Å²) in [5, 5.41) is 9.58. The number of unbranched alkanes of at least 4 members (excludes halogenated alkanes) is 6. The molecule has 1 N–H and O–H groups in total. The molecule has 0 radical (unpaired) electrons. The molecular formula is C22H41Cl2NO3. The number of hydrogen-bond acceptors (Lipinski definition) is 3. The third-order valence-corrected chi connectivity index (χ3v) is 5.70. The minimum atomic E-state index is -0.271. The molecule has 0 bridgehead atoms. The molecule has 0 saturated carbocycles. The van der Waals surface area contributed by atoms with Gasteiger partial charge in [0.05, 0.1) is 19.3 Å². The Bertz CT molecular complexity index is 394. The molecule has 0 aliphatic rings. The summed E-state index contributed by atoms with van der Waals surface area (Å²) in [5.41, 5.74) is 0. The summed E-state index contributed by atoms with van der Waals surface area (Å²) < 4.78 is 5.02. The Morgan fingerprint density at radius 1 is 1.04 bits per heavy atom. The number of allylic oxidation sites excluding steroid dienone is 2. The second kappa shape index (κ2) is 20.0. The molecule has 0 aliphatic heterocycles. The molecular weight excluding hydrogens is 397 g/mol. The lowest BCUT2D eigenvalue weighted by atomic mass is 10.1. The van der Waals surface area contributed by atoms with Crippen molar-refractivity contribution in [2.75, 3.05) is 33.3 Å². The maximum atomic E-state index is 12.1. The van der Waals surface area contributed by atoms with Crippen molar-refractivity contribution in [1.29, 1.82) is 0 Å². The third-order valence-electron chi connectivity index (χ3n) is 4.99. The van der Waals surface area contributed by atoms with Crippen molar-refractivity contribution >= 4 is 29.1 Å². The van der Waals surface area contributed by atoms with E-state index in [0.717, 1.165) is 44.4 Å². The van der Waals surface area contributed by atoms with Crippen LogP contribution < -0.4 is 0 Å². The molecule has 0 rings (SSSR count). The van der Waals surface area contributed by atoms with Gasteiger partial charge in [0.1, 0.15) is 0 Å². The number of alkyl halides is 2. The molecule has 0 saturated heterocycles. The van der Waals surface area contributed by atoms with Crippen molar-refractivity contribution in [3.8, 4) is 0 Å². The van der Waals surface area contributed by atoms with E-state index in [0.29, 0.717) is 13.0 Å². The zero-order valence-corrected chi connectivity index (χ0v) is 19.4. The number of carbonyl (C=O) groups is 1. The van der Waals surface area contributed by atoms with E-state index in [1.807, 2.05) is 0 Å². The van der Waals surface area contributed by atoms with Crippen LogP contribution in [-0.2, 0) is 9.53 Å². The molecule has 2 atom stereocenters. The van der Waals surface area contributed by atoms with E-state index in [2.05, 4.69) is 12.2 Å². The van der Waals surface area contributed by atoms with Gasteiger partial charge in [-0.05, 0) is 38.5 Å². The Kier molecular flexibility index (Phi) is 19.8. The second-order valence-electron chi connectivity index (χ2n) is 7.43. The lowest BCUT2D eigenvalue weighted by Crippen LogP contribution is -2.42. The molecule has 0 aromatic heterocycles. The maximum absolute atomic E-state index is 12.1. The molecule has 6 heteroatoms. The van der Waals surface area contributed by atoms with Gasteiger partial charge in [0.15, 0.2) is 0 Å². The lowest BCUT2D eigenvalue weighted by molar-refractivity contribution is -0.133. The molecule has 0 unspecified atom stereocenters. The normalized spacial score (nSPS) is 13.8. The van der Waals surface area contributed by atoms with E-state index in [1.165, 1.54) is 32.1 Å². The number of ether oxygens (including phenoxy) is 1. The Labute approximate surface area is 182 Å². The molecule has 28 heavy (non-hydrogen) atoms. The van der Waals surface area contributed by atoms with Gasteiger partial charge in [0.25, 0.3) is 0 Å². The zero-order chi connectivity index (χ0) is 21.0. The van der Waals surface area contributed by atoms with Crippen LogP contribution >= 0.6 is 23.2 Å². The van der Waals surface area contributed by atoms with Crippen LogP contribution in [0.1, 0.15) is 77.0 Å². The average molecular weight is 438 g/mol. The largest absolute Gasteiger partial charge is 0.394 e. The van der Waals surface area contributed by atoms with Gasteiger partial charge >= 0.3 is 0 Å². The van der Waals surface area contributed by atoms with Crippen molar-refractivity contribution < 1.29 is 14.6 Å². The molecule has 0 aliphatic carbocycles. The van der Waals surface area contributed by atoms with Crippen LogP contribution in [0.25, 0.3) is 0 Å². The number of amides is 1. The Balaban J connectivity index is 3.64. The minimum absolute atomic E-state index is 0.0317. The first-order valence-corrected chi connectivity index (χ1v) is 11.7. The molecule has 0 aromatic rings. The van der Waals surface area contributed by atoms with E-state index in [4.69, 9.17) is 27.9 Å². The van der Waals surface area contributed by atoms with Gasteiger partial charge < -0.3 is 14.7 Å². The van der Waals surface area contributed by atoms with Gasteiger partial charge in [-0.15, -0.1) is 23.2 Å². The summed E-state index contributed by atoms with van der Waals surface area (Å²) in [4.78, 5) is 13.7. The number of methoxy groups -OCH3 is 1. The zero-order valence-electron chi connectivity index (χ0n) is 17.9. The molecule has 0 spiro atoms. The smallest absolute Gasteiger partial charge is 0.223 e. The minimum Gasteiger partial charge on any atom is -0.394 e. The highest BCUT2D eigenvalue weighted by Crippen LogP contribution is 2.17. The van der Waals surface area contributed by atoms with Crippen LogP contribution in [0, 0.1) is 0 Å². The van der Waals surface area contributed by atoms with Crippen LogP contribution in [0.4, 0.5) is 0 Å². The quantitative estimate of drug-likeness (QED) is 0.164. The molecule has 166 valence electrons. The van der Waals surface area contributed by atoms with Crippen LogP contribution in [0.5, 0.6) is 0 Å². The fraction of sp³-hybridized carbons (Fsp3) is 0.864. The molecule has 0 heterocycles. The van der Waals surface area contributed by atoms with E-state index in [9.17, 15) is 9.90 Å². The summed E-state index contributed by atoms with van der Waals surface area (Å²) in [6, 6.07) is -0.271. The predicted octanol–water partition coefficient (Wildman–Crippen LogP) is 5.54. The summed E-state index contributed by atoms with van der Waals surface area (Å²) in [5.74, 6) is 0.814. The second-order valence-corrected chi connectivity index (χ2v) is 8.43. The number of carbonyl (C=O) groups excluding carboxylic acids is 1. The molecule has 4 nitrogen and oxygen atoms in total. The van der Waals surface area contributed by atoms with Gasteiger partial charge in [-0.1, -0.05) is 44.3 Å². The summed E-state index contributed by atoms with van der Waals surface area (Å²) in [7, 11) is 3.28. The number of rotatable bonds is 19. The summed E-state index contributed by atoms with van der Waals surface area (Å²) in [6.45, 7) is 0.266. The van der Waals surface area contributed by atoms with Gasteiger partial charge in [-0.2, -0.15) is 0 Å². The van der Waals surface area contributed by atoms with Crippen molar-refractivity contribution in [2.24, 2.45) is 0 Å². The first kappa shape index (κ1) is 27.7. The first-order chi connectivity index (χ1) is 13.6. The van der Waals surface area contributed by atoms with Crippen molar-refractivity contribution in [2.45, 2.75) is 88.5 Å². The van der Waals surface area contributed by atoms with Crippen LogP contribution in [0.3, 0.4) is 0 Å². The molecule has 0 fully saturated rings. The predicted molar refractivity (Wildman–Crippen MR) is 120 cm³/mol. The average Bonchev–Trinajstić information content (AvgIpc) is 2.69. The summed E-state index contributed by atoms with van der Waals surface area (Å²) >= 11 is 12.1. The number of aliphatic hydroxyl groups is 1. The first-order valence-electron chi connectivity index (χ1n) is 10.8. The van der Waals surface area contributed by atoms with Crippen LogP contribution in [0.15, 0.2) is 12.2 Å². The van der Waals surface area contributed by atoms with Crippen LogP contribution in [0.2, 0.25) is 0 Å². The SMILES string of the molecule is COC[C@@H](CO)N(C)C(=O)CC/C=C/CCC[C@H](Cl)CCCCCCCCCl. The molecule has 1 amide bonds. The Morgan fingerprint density at radius 3 is 2.29 bits per heavy atom. The Hall–Kier alpha value is -0.290. The standard InChI is InChI=1S/C22H41Cl2NO3/c1-25(21(18-26)19-28-2)22(27)16-12-8-5-7-11-15-20(24)14-10-6-3-4-9-13-17-23/h5,8,20-21,26H,3-4,6-7,9-19H2,1-2H3/b8-5+/t20-,21-/m1/s1. The number of aliphatic hydroxyl groups excluding tert-OH is 1. The number of likely N-dealkylation sites (N-methyl/N-ethyl adjacent to an activating group) is 1. The monoisotopic (exact) mass is 437 g/mol. The number of hydrogen-bond donors (Lipinski definition) is 1.